The van der Waals surface area contributed by atoms with Crippen molar-refractivity contribution in [3.05, 3.63) is 71.2 Å². The Morgan fingerprint density at radius 2 is 1.57 bits per heavy atom. The smallest absolute Gasteiger partial charge is 0.206 e. The number of aromatic nitrogens is 1. The molecule has 0 aliphatic carbocycles. The molecule has 0 amide bonds. The fourth-order valence-corrected chi connectivity index (χ4v) is 5.30. The summed E-state index contributed by atoms with van der Waals surface area (Å²) in [5.41, 5.74) is 5.63. The van der Waals surface area contributed by atoms with E-state index in [-0.39, 0.29) is 11.2 Å². The molecule has 1 heterocycles. The Morgan fingerprint density at radius 1 is 0.933 bits per heavy atom. The Balaban J connectivity index is 2.22. The Kier molecular flexibility index (Phi) is 4.79. The molecule has 3 aromatic rings. The van der Waals surface area contributed by atoms with E-state index >= 15 is 4.39 Å². The van der Waals surface area contributed by atoms with Gasteiger partial charge in [-0.2, -0.15) is 0 Å². The number of rotatable bonds is 3. The first-order chi connectivity index (χ1) is 15.0. The standard InChI is InChI=1S/C27H35FNSi/c1-18-14-24(28)23(20-10-12-21(13-11-20)27(3,4)5)15-22(18)25-16-26(30(7,8)9)19(2)17-29(25)6/h10-17H,1-9H3/q+1/i2D3. The minimum absolute atomic E-state index is 0.0288. The van der Waals surface area contributed by atoms with Gasteiger partial charge in [0.15, 0.2) is 6.20 Å². The van der Waals surface area contributed by atoms with Gasteiger partial charge in [-0.05, 0) is 53.2 Å². The number of nitrogens with zero attached hydrogens (tertiary/aromatic N) is 1. The normalized spacial score (nSPS) is 14.2. The lowest BCUT2D eigenvalue weighted by atomic mass is 9.86. The second-order valence-electron chi connectivity index (χ2n) is 10.3. The maximum Gasteiger partial charge on any atom is 0.212 e. The molecular weight excluding hydrogens is 385 g/mol. The van der Waals surface area contributed by atoms with Gasteiger partial charge in [0.25, 0.3) is 0 Å². The molecule has 3 heteroatoms. The molecule has 0 fully saturated rings. The van der Waals surface area contributed by atoms with Crippen molar-refractivity contribution in [2.24, 2.45) is 7.05 Å². The van der Waals surface area contributed by atoms with Crippen LogP contribution in [0.3, 0.4) is 0 Å². The van der Waals surface area contributed by atoms with Crippen LogP contribution in [0.2, 0.25) is 19.6 Å². The minimum Gasteiger partial charge on any atom is -0.206 e. The highest BCUT2D eigenvalue weighted by Gasteiger charge is 2.25. The van der Waals surface area contributed by atoms with Crippen LogP contribution in [0.25, 0.3) is 22.4 Å². The first-order valence-corrected chi connectivity index (χ1v) is 14.0. The van der Waals surface area contributed by atoms with Crippen LogP contribution in [0.4, 0.5) is 4.39 Å². The highest BCUT2D eigenvalue weighted by Crippen LogP contribution is 2.32. The Bertz CT molecular complexity index is 1180. The molecule has 0 radical (unpaired) electrons. The van der Waals surface area contributed by atoms with Crippen molar-refractivity contribution in [1.82, 2.24) is 0 Å². The summed E-state index contributed by atoms with van der Waals surface area (Å²) in [6.45, 7) is 12.7. The van der Waals surface area contributed by atoms with E-state index in [1.807, 2.05) is 42.8 Å². The average molecular weight is 424 g/mol. The molecule has 0 N–H and O–H groups in total. The maximum absolute atomic E-state index is 15.1. The fraction of sp³-hybridized carbons (Fsp3) is 0.370. The van der Waals surface area contributed by atoms with Gasteiger partial charge in [-0.3, -0.25) is 0 Å². The summed E-state index contributed by atoms with van der Waals surface area (Å²) in [5, 5.41) is 0.912. The van der Waals surface area contributed by atoms with Crippen molar-refractivity contribution in [1.29, 1.82) is 0 Å². The van der Waals surface area contributed by atoms with Gasteiger partial charge in [0.1, 0.15) is 12.9 Å². The molecule has 0 aliphatic heterocycles. The molecule has 158 valence electrons. The molecule has 2 aromatic carbocycles. The quantitative estimate of drug-likeness (QED) is 0.337. The van der Waals surface area contributed by atoms with Crippen LogP contribution in [0.15, 0.2) is 48.7 Å². The van der Waals surface area contributed by atoms with Crippen molar-refractivity contribution in [2.45, 2.75) is 59.6 Å². The summed E-state index contributed by atoms with van der Waals surface area (Å²) < 4.78 is 41.0. The third kappa shape index (κ3) is 4.41. The first kappa shape index (κ1) is 18.5. The molecule has 1 nitrogen and oxygen atoms in total. The van der Waals surface area contributed by atoms with E-state index in [2.05, 4.69) is 52.5 Å². The third-order valence-electron chi connectivity index (χ3n) is 5.73. The summed E-state index contributed by atoms with van der Waals surface area (Å²) in [4.78, 5) is 0. The monoisotopic (exact) mass is 423 g/mol. The molecule has 0 atom stereocenters. The van der Waals surface area contributed by atoms with Gasteiger partial charge in [0.05, 0.1) is 8.07 Å². The van der Waals surface area contributed by atoms with Crippen LogP contribution in [0, 0.1) is 19.6 Å². The highest BCUT2D eigenvalue weighted by atomic mass is 28.3. The molecule has 30 heavy (non-hydrogen) atoms. The Labute approximate surface area is 186 Å². The fourth-order valence-electron chi connectivity index (χ4n) is 3.86. The van der Waals surface area contributed by atoms with E-state index in [0.717, 1.165) is 27.6 Å². The van der Waals surface area contributed by atoms with Crippen molar-refractivity contribution < 1.29 is 13.1 Å². The van der Waals surface area contributed by atoms with E-state index in [1.54, 1.807) is 12.3 Å². The van der Waals surface area contributed by atoms with Gasteiger partial charge >= 0.3 is 0 Å². The summed E-state index contributed by atoms with van der Waals surface area (Å²) in [6, 6.07) is 13.6. The molecule has 0 saturated carbocycles. The van der Waals surface area contributed by atoms with Gasteiger partial charge < -0.3 is 0 Å². The van der Waals surface area contributed by atoms with Gasteiger partial charge in [-0.15, -0.1) is 0 Å². The van der Waals surface area contributed by atoms with E-state index in [1.165, 1.54) is 5.56 Å². The van der Waals surface area contributed by atoms with E-state index in [9.17, 15) is 0 Å². The minimum atomic E-state index is -2.18. The highest BCUT2D eigenvalue weighted by molar-refractivity contribution is 6.89. The summed E-state index contributed by atoms with van der Waals surface area (Å²) in [6.07, 6.45) is 1.73. The second kappa shape index (κ2) is 7.77. The van der Waals surface area contributed by atoms with Crippen molar-refractivity contribution in [2.75, 3.05) is 0 Å². The largest absolute Gasteiger partial charge is 0.212 e. The molecule has 0 bridgehead atoms. The van der Waals surface area contributed by atoms with E-state index in [0.29, 0.717) is 11.1 Å². The summed E-state index contributed by atoms with van der Waals surface area (Å²) >= 11 is 0. The van der Waals surface area contributed by atoms with E-state index < -0.39 is 14.9 Å². The van der Waals surface area contributed by atoms with Gasteiger partial charge in [0.2, 0.25) is 5.69 Å². The van der Waals surface area contributed by atoms with Crippen LogP contribution < -0.4 is 9.75 Å². The van der Waals surface area contributed by atoms with Crippen LogP contribution in [0.1, 0.15) is 41.6 Å². The number of hydrogen-bond acceptors (Lipinski definition) is 0. The van der Waals surface area contributed by atoms with Crippen LogP contribution in [0.5, 0.6) is 0 Å². The SMILES string of the molecule is [2H]C([2H])([2H])c1c[n+](C)c(-c2cc(-c3ccc(C(C)(C)C)cc3)c(F)cc2C)cc1[Si](C)(C)C. The van der Waals surface area contributed by atoms with Gasteiger partial charge in [-0.25, -0.2) is 8.96 Å². The molecule has 3 rings (SSSR count). The van der Waals surface area contributed by atoms with Crippen LogP contribution in [-0.4, -0.2) is 8.07 Å². The summed E-state index contributed by atoms with van der Waals surface area (Å²) in [5.74, 6) is -0.257. The number of benzene rings is 2. The van der Waals surface area contributed by atoms with Crippen molar-refractivity contribution >= 4 is 13.3 Å². The van der Waals surface area contributed by atoms with Crippen LogP contribution in [-0.2, 0) is 12.5 Å². The topological polar surface area (TPSA) is 3.88 Å². The lowest BCUT2D eigenvalue weighted by molar-refractivity contribution is -0.660. The van der Waals surface area contributed by atoms with Crippen molar-refractivity contribution in [3.8, 4) is 22.4 Å². The van der Waals surface area contributed by atoms with Crippen LogP contribution >= 0.6 is 0 Å². The molecular formula is C27H35FNSi+. The number of aryl methyl sites for hydroxylation is 3. The number of halogens is 1. The second-order valence-corrected chi connectivity index (χ2v) is 15.4. The summed E-state index contributed by atoms with van der Waals surface area (Å²) in [7, 11) is -0.0921. The zero-order valence-corrected chi connectivity index (χ0v) is 20.4. The molecule has 0 saturated heterocycles. The average Bonchev–Trinajstić information content (AvgIpc) is 2.66. The predicted octanol–water partition coefficient (Wildman–Crippen LogP) is 6.44. The molecule has 0 aliphatic rings. The number of hydrogen-bond donors (Lipinski definition) is 0. The molecule has 0 spiro atoms. The van der Waals surface area contributed by atoms with Gasteiger partial charge in [0, 0.05) is 26.9 Å². The Morgan fingerprint density at radius 3 is 2.10 bits per heavy atom. The van der Waals surface area contributed by atoms with Crippen molar-refractivity contribution in [3.63, 3.8) is 0 Å². The predicted molar refractivity (Wildman–Crippen MR) is 130 cm³/mol. The first-order valence-electron chi connectivity index (χ1n) is 12.0. The van der Waals surface area contributed by atoms with Gasteiger partial charge in [-0.1, -0.05) is 64.7 Å². The lowest BCUT2D eigenvalue weighted by Gasteiger charge is -2.20. The maximum atomic E-state index is 15.1. The third-order valence-corrected chi connectivity index (χ3v) is 7.76. The molecule has 0 unspecified atom stereocenters. The zero-order chi connectivity index (χ0) is 24.9. The lowest BCUT2D eigenvalue weighted by Crippen LogP contribution is -2.44. The zero-order valence-electron chi connectivity index (χ0n) is 22.4. The molecule has 1 aromatic heterocycles. The Hall–Kier alpha value is -2.26. The number of pyridine rings is 1. The van der Waals surface area contributed by atoms with E-state index in [4.69, 9.17) is 4.11 Å².